The molecule has 1 aliphatic carbocycles. The van der Waals surface area contributed by atoms with Gasteiger partial charge in [0.15, 0.2) is 0 Å². The van der Waals surface area contributed by atoms with E-state index in [4.69, 9.17) is 11.2 Å². The van der Waals surface area contributed by atoms with Gasteiger partial charge in [0, 0.05) is 0 Å². The van der Waals surface area contributed by atoms with Gasteiger partial charge in [-0.25, -0.2) is 0 Å². The Balaban J connectivity index is 2.41. The Morgan fingerprint density at radius 3 is 2.83 bits per heavy atom. The van der Waals surface area contributed by atoms with Crippen LogP contribution in [-0.4, -0.2) is 25.2 Å². The number of terminal acetylenes is 1. The highest BCUT2D eigenvalue weighted by molar-refractivity contribution is 5.77. The lowest BCUT2D eigenvalue weighted by Crippen LogP contribution is -2.37. The van der Waals surface area contributed by atoms with Gasteiger partial charge in [0.1, 0.15) is 6.61 Å². The Morgan fingerprint density at radius 2 is 2.22 bits per heavy atom. The summed E-state index contributed by atoms with van der Waals surface area (Å²) in [4.78, 5) is 11.5. The van der Waals surface area contributed by atoms with Crippen molar-refractivity contribution in [2.75, 3.05) is 13.2 Å². The third kappa shape index (κ3) is 4.70. The summed E-state index contributed by atoms with van der Waals surface area (Å²) < 4.78 is 5.81. The number of hydrogen-bond donors (Lipinski definition) is 1. The van der Waals surface area contributed by atoms with Crippen molar-refractivity contribution >= 4 is 5.91 Å². The summed E-state index contributed by atoms with van der Waals surface area (Å²) >= 11 is 0. The second kappa shape index (κ2) is 7.43. The minimum Gasteiger partial charge on any atom is -0.368 e. The summed E-state index contributed by atoms with van der Waals surface area (Å²) in [7, 11) is 0. The van der Waals surface area contributed by atoms with Gasteiger partial charge in [-0.05, 0) is 30.6 Å². The maximum atomic E-state index is 11.5. The van der Waals surface area contributed by atoms with Crippen LogP contribution in [0.3, 0.4) is 0 Å². The molecule has 0 aromatic heterocycles. The van der Waals surface area contributed by atoms with E-state index in [0.29, 0.717) is 17.8 Å². The monoisotopic (exact) mass is 251 g/mol. The van der Waals surface area contributed by atoms with Crippen LogP contribution >= 0.6 is 0 Å². The van der Waals surface area contributed by atoms with E-state index in [1.807, 2.05) is 0 Å². The number of amides is 1. The van der Waals surface area contributed by atoms with Crippen molar-refractivity contribution in [3.8, 4) is 12.3 Å². The van der Waals surface area contributed by atoms with Gasteiger partial charge in [0.2, 0.25) is 5.91 Å². The highest BCUT2D eigenvalue weighted by atomic mass is 16.5. The molecule has 1 rings (SSSR count). The van der Waals surface area contributed by atoms with Gasteiger partial charge in [-0.3, -0.25) is 4.79 Å². The zero-order chi connectivity index (χ0) is 13.5. The third-order valence-corrected chi connectivity index (χ3v) is 3.78. The van der Waals surface area contributed by atoms with Gasteiger partial charge in [0.25, 0.3) is 0 Å². The van der Waals surface area contributed by atoms with Crippen molar-refractivity contribution in [2.45, 2.75) is 46.1 Å². The molecule has 0 aliphatic heterocycles. The molecule has 102 valence electrons. The van der Waals surface area contributed by atoms with Crippen molar-refractivity contribution in [3.05, 3.63) is 0 Å². The van der Waals surface area contributed by atoms with Gasteiger partial charge in [-0.15, -0.1) is 6.42 Å². The van der Waals surface area contributed by atoms with Crippen LogP contribution in [0.2, 0.25) is 0 Å². The summed E-state index contributed by atoms with van der Waals surface area (Å²) in [6, 6.07) is 0. The van der Waals surface area contributed by atoms with Crippen LogP contribution in [0.5, 0.6) is 0 Å². The second-order valence-corrected chi connectivity index (χ2v) is 5.66. The summed E-state index contributed by atoms with van der Waals surface area (Å²) in [5.74, 6) is 4.14. The maximum absolute atomic E-state index is 11.5. The number of hydrogen-bond acceptors (Lipinski definition) is 2. The van der Waals surface area contributed by atoms with Crippen molar-refractivity contribution < 1.29 is 9.53 Å². The molecule has 0 heterocycles. The topological polar surface area (TPSA) is 38.3 Å². The molecule has 0 radical (unpaired) electrons. The van der Waals surface area contributed by atoms with Crippen LogP contribution in [0.4, 0.5) is 0 Å². The van der Waals surface area contributed by atoms with E-state index in [1.165, 1.54) is 12.8 Å². The highest BCUT2D eigenvalue weighted by Gasteiger charge is 2.31. The Kier molecular flexibility index (Phi) is 6.21. The fourth-order valence-corrected chi connectivity index (χ4v) is 2.69. The SMILES string of the molecule is C#CCNC(=O)CO[C@@H]1C[C@H](C)CC[C@H]1C(C)C. The lowest BCUT2D eigenvalue weighted by molar-refractivity contribution is -0.131. The fourth-order valence-electron chi connectivity index (χ4n) is 2.69. The largest absolute Gasteiger partial charge is 0.368 e. The fraction of sp³-hybridized carbons (Fsp3) is 0.800. The third-order valence-electron chi connectivity index (χ3n) is 3.78. The molecule has 1 saturated carbocycles. The standard InChI is InChI=1S/C15H25NO2/c1-5-8-16-15(17)10-18-14-9-12(4)6-7-13(14)11(2)3/h1,11-14H,6-10H2,2-4H3,(H,16,17)/t12-,13+,14-/m1/s1. The minimum atomic E-state index is -0.117. The number of ether oxygens (including phenoxy) is 1. The van der Waals surface area contributed by atoms with Crippen LogP contribution in [0.15, 0.2) is 0 Å². The predicted molar refractivity (Wildman–Crippen MR) is 72.9 cm³/mol. The van der Waals surface area contributed by atoms with Gasteiger partial charge in [-0.2, -0.15) is 0 Å². The first-order chi connectivity index (χ1) is 8.54. The molecule has 3 heteroatoms. The van der Waals surface area contributed by atoms with Crippen LogP contribution in [0.25, 0.3) is 0 Å². The molecule has 3 nitrogen and oxygen atoms in total. The summed E-state index contributed by atoms with van der Waals surface area (Å²) in [6.07, 6.45) is 8.84. The zero-order valence-corrected chi connectivity index (χ0v) is 11.7. The Morgan fingerprint density at radius 1 is 1.50 bits per heavy atom. The number of rotatable bonds is 5. The first kappa shape index (κ1) is 15.0. The molecule has 18 heavy (non-hydrogen) atoms. The molecular formula is C15H25NO2. The molecular weight excluding hydrogens is 226 g/mol. The van der Waals surface area contributed by atoms with E-state index < -0.39 is 0 Å². The van der Waals surface area contributed by atoms with E-state index in [1.54, 1.807) is 0 Å². The zero-order valence-electron chi connectivity index (χ0n) is 11.7. The smallest absolute Gasteiger partial charge is 0.246 e. The maximum Gasteiger partial charge on any atom is 0.246 e. The van der Waals surface area contributed by atoms with E-state index in [9.17, 15) is 4.79 Å². The Bertz CT molecular complexity index is 306. The van der Waals surface area contributed by atoms with Gasteiger partial charge < -0.3 is 10.1 Å². The molecule has 0 aromatic rings. The van der Waals surface area contributed by atoms with Crippen molar-refractivity contribution in [1.82, 2.24) is 5.32 Å². The number of carbonyl (C=O) groups excluding carboxylic acids is 1. The average Bonchev–Trinajstić information content (AvgIpc) is 2.33. The minimum absolute atomic E-state index is 0.117. The van der Waals surface area contributed by atoms with Crippen LogP contribution in [-0.2, 0) is 9.53 Å². The predicted octanol–water partition coefficient (Wildman–Crippen LogP) is 2.21. The molecule has 0 saturated heterocycles. The molecule has 1 aliphatic rings. The quantitative estimate of drug-likeness (QED) is 0.761. The van der Waals surface area contributed by atoms with E-state index in [-0.39, 0.29) is 25.2 Å². The van der Waals surface area contributed by atoms with E-state index in [0.717, 1.165) is 6.42 Å². The van der Waals surface area contributed by atoms with Crippen LogP contribution in [0, 0.1) is 30.1 Å². The van der Waals surface area contributed by atoms with Gasteiger partial charge in [0.05, 0.1) is 12.6 Å². The lowest BCUT2D eigenvalue weighted by Gasteiger charge is -2.37. The first-order valence-corrected chi connectivity index (χ1v) is 6.86. The molecule has 3 atom stereocenters. The highest BCUT2D eigenvalue weighted by Crippen LogP contribution is 2.35. The van der Waals surface area contributed by atoms with Crippen molar-refractivity contribution in [1.29, 1.82) is 0 Å². The van der Waals surface area contributed by atoms with Crippen molar-refractivity contribution in [3.63, 3.8) is 0 Å². The number of carbonyl (C=O) groups is 1. The molecule has 0 spiro atoms. The molecule has 1 fully saturated rings. The molecule has 1 amide bonds. The summed E-state index contributed by atoms with van der Waals surface area (Å²) in [5.41, 5.74) is 0. The van der Waals surface area contributed by atoms with E-state index in [2.05, 4.69) is 32.0 Å². The Hall–Kier alpha value is -1.01. The first-order valence-electron chi connectivity index (χ1n) is 6.86. The van der Waals surface area contributed by atoms with E-state index >= 15 is 0 Å². The Labute approximate surface area is 111 Å². The average molecular weight is 251 g/mol. The van der Waals surface area contributed by atoms with Crippen molar-refractivity contribution in [2.24, 2.45) is 17.8 Å². The second-order valence-electron chi connectivity index (χ2n) is 5.66. The van der Waals surface area contributed by atoms with Gasteiger partial charge in [-0.1, -0.05) is 33.1 Å². The molecule has 0 bridgehead atoms. The number of nitrogens with one attached hydrogen (secondary N) is 1. The molecule has 0 unspecified atom stereocenters. The summed E-state index contributed by atoms with van der Waals surface area (Å²) in [5, 5.41) is 2.63. The van der Waals surface area contributed by atoms with Crippen LogP contribution < -0.4 is 5.32 Å². The lowest BCUT2D eigenvalue weighted by atomic mass is 9.75. The molecule has 1 N–H and O–H groups in total. The summed E-state index contributed by atoms with van der Waals surface area (Å²) in [6.45, 7) is 7.12. The normalized spacial score (nSPS) is 27.8. The van der Waals surface area contributed by atoms with Crippen LogP contribution in [0.1, 0.15) is 40.0 Å². The van der Waals surface area contributed by atoms with Gasteiger partial charge >= 0.3 is 0 Å². The molecule has 0 aromatic carbocycles.